The fraction of sp³-hybridized carbons (Fsp3) is 0.278. The van der Waals surface area contributed by atoms with Gasteiger partial charge in [-0.15, -0.1) is 10.2 Å². The molecule has 0 radical (unpaired) electrons. The highest BCUT2D eigenvalue weighted by Crippen LogP contribution is 2.40. The Bertz CT molecular complexity index is 892. The third-order valence-electron chi connectivity index (χ3n) is 4.07. The van der Waals surface area contributed by atoms with Crippen LogP contribution >= 0.6 is 0 Å². The van der Waals surface area contributed by atoms with E-state index in [1.807, 2.05) is 24.3 Å². The van der Waals surface area contributed by atoms with E-state index < -0.39 is 0 Å². The zero-order valence-corrected chi connectivity index (χ0v) is 14.6. The topological polar surface area (TPSA) is 118 Å². The first-order valence-electron chi connectivity index (χ1n) is 8.77. The Balaban J connectivity index is 1.20. The van der Waals surface area contributed by atoms with Gasteiger partial charge in [0.15, 0.2) is 11.5 Å². The van der Waals surface area contributed by atoms with Gasteiger partial charge < -0.3 is 20.5 Å². The van der Waals surface area contributed by atoms with E-state index in [2.05, 4.69) is 36.3 Å². The number of amides is 1. The molecule has 27 heavy (non-hydrogen) atoms. The van der Waals surface area contributed by atoms with Crippen molar-refractivity contribution in [1.82, 2.24) is 25.7 Å². The number of anilines is 3. The Morgan fingerprint density at radius 1 is 1.07 bits per heavy atom. The molecule has 3 N–H and O–H groups in total. The highest BCUT2D eigenvalue weighted by molar-refractivity contribution is 5.92. The maximum absolute atomic E-state index is 12.0. The molecule has 0 bridgehead atoms. The van der Waals surface area contributed by atoms with E-state index in [9.17, 15) is 4.79 Å². The number of aromatic nitrogens is 4. The molecule has 0 atom stereocenters. The van der Waals surface area contributed by atoms with Crippen molar-refractivity contribution in [2.75, 3.05) is 23.7 Å². The van der Waals surface area contributed by atoms with Crippen molar-refractivity contribution in [2.24, 2.45) is 0 Å². The lowest BCUT2D eigenvalue weighted by atomic mass is 10.3. The summed E-state index contributed by atoms with van der Waals surface area (Å²) in [5, 5.41) is 21.1. The van der Waals surface area contributed by atoms with Crippen LogP contribution in [0.2, 0.25) is 0 Å². The van der Waals surface area contributed by atoms with Crippen LogP contribution in [0.4, 0.5) is 17.3 Å². The maximum atomic E-state index is 12.0. The number of nitrogens with one attached hydrogen (secondary N) is 3. The Morgan fingerprint density at radius 2 is 1.85 bits per heavy atom. The summed E-state index contributed by atoms with van der Waals surface area (Å²) in [5.74, 6) is 2.26. The lowest BCUT2D eigenvalue weighted by Crippen LogP contribution is -2.29. The summed E-state index contributed by atoms with van der Waals surface area (Å²) >= 11 is 0. The zero-order valence-electron chi connectivity index (χ0n) is 14.6. The van der Waals surface area contributed by atoms with Crippen LogP contribution in [0.25, 0.3) is 0 Å². The Morgan fingerprint density at radius 3 is 2.59 bits per heavy atom. The molecule has 3 aromatic heterocycles. The second kappa shape index (κ2) is 7.81. The SMILES string of the molecule is O=C(NCCNc1ccc(Nc2ccncc2)nn1)c1cc(C2CC2)on1. The maximum Gasteiger partial charge on any atom is 0.273 e. The van der Waals surface area contributed by atoms with E-state index in [1.54, 1.807) is 18.5 Å². The minimum absolute atomic E-state index is 0.240. The second-order valence-corrected chi connectivity index (χ2v) is 6.24. The molecule has 0 saturated heterocycles. The molecule has 0 aromatic carbocycles. The largest absolute Gasteiger partial charge is 0.367 e. The first kappa shape index (κ1) is 17.0. The molecule has 0 spiro atoms. The molecule has 1 aliphatic rings. The van der Waals surface area contributed by atoms with Crippen molar-refractivity contribution in [3.05, 3.63) is 54.2 Å². The van der Waals surface area contributed by atoms with Crippen LogP contribution in [0.1, 0.15) is 35.0 Å². The van der Waals surface area contributed by atoms with Gasteiger partial charge in [-0.1, -0.05) is 5.16 Å². The van der Waals surface area contributed by atoms with E-state index in [4.69, 9.17) is 4.52 Å². The summed E-state index contributed by atoms with van der Waals surface area (Å²) in [6, 6.07) is 9.06. The number of carbonyl (C=O) groups excluding carboxylic acids is 1. The van der Waals surface area contributed by atoms with E-state index in [0.29, 0.717) is 36.3 Å². The number of hydrogen-bond acceptors (Lipinski definition) is 8. The molecule has 3 aromatic rings. The van der Waals surface area contributed by atoms with Crippen molar-refractivity contribution in [3.63, 3.8) is 0 Å². The molecule has 9 nitrogen and oxygen atoms in total. The van der Waals surface area contributed by atoms with Crippen molar-refractivity contribution in [2.45, 2.75) is 18.8 Å². The Hall–Kier alpha value is -3.49. The van der Waals surface area contributed by atoms with Crippen LogP contribution in [0.3, 0.4) is 0 Å². The van der Waals surface area contributed by atoms with Gasteiger partial charge in [0.05, 0.1) is 0 Å². The molecule has 3 heterocycles. The quantitative estimate of drug-likeness (QED) is 0.521. The predicted molar refractivity (Wildman–Crippen MR) is 98.9 cm³/mol. The van der Waals surface area contributed by atoms with E-state index in [1.165, 1.54) is 0 Å². The second-order valence-electron chi connectivity index (χ2n) is 6.24. The molecular formula is C18H19N7O2. The van der Waals surface area contributed by atoms with Crippen LogP contribution < -0.4 is 16.0 Å². The third-order valence-corrected chi connectivity index (χ3v) is 4.07. The Kier molecular flexibility index (Phi) is 4.91. The van der Waals surface area contributed by atoms with Gasteiger partial charge in [-0.3, -0.25) is 9.78 Å². The summed E-state index contributed by atoms with van der Waals surface area (Å²) < 4.78 is 5.18. The number of pyridine rings is 1. The highest BCUT2D eigenvalue weighted by Gasteiger charge is 2.28. The zero-order chi connectivity index (χ0) is 18.5. The van der Waals surface area contributed by atoms with Gasteiger partial charge >= 0.3 is 0 Å². The number of rotatable bonds is 8. The molecule has 9 heteroatoms. The number of carbonyl (C=O) groups is 1. The average Bonchev–Trinajstić information content (AvgIpc) is 3.44. The first-order valence-corrected chi connectivity index (χ1v) is 8.77. The first-order chi connectivity index (χ1) is 13.3. The lowest BCUT2D eigenvalue weighted by molar-refractivity contribution is 0.0946. The lowest BCUT2D eigenvalue weighted by Gasteiger charge is -2.07. The third kappa shape index (κ3) is 4.57. The standard InChI is InChI=1S/C18H19N7O2/c26-18(14-11-15(27-25-14)12-1-2-12)21-10-9-20-16-3-4-17(24-23-16)22-13-5-7-19-8-6-13/h3-8,11-12H,1-2,9-10H2,(H,20,23)(H,21,26)(H,19,22,24). The molecule has 1 amide bonds. The molecule has 1 fully saturated rings. The molecule has 1 saturated carbocycles. The van der Waals surface area contributed by atoms with E-state index in [-0.39, 0.29) is 5.91 Å². The summed E-state index contributed by atoms with van der Waals surface area (Å²) in [6.45, 7) is 0.952. The van der Waals surface area contributed by atoms with Gasteiger partial charge in [-0.05, 0) is 37.1 Å². The van der Waals surface area contributed by atoms with Crippen molar-refractivity contribution in [1.29, 1.82) is 0 Å². The summed E-state index contributed by atoms with van der Waals surface area (Å²) in [5.41, 5.74) is 1.21. The molecule has 1 aliphatic carbocycles. The molecule has 0 aliphatic heterocycles. The molecule has 4 rings (SSSR count). The van der Waals surface area contributed by atoms with Crippen LogP contribution in [0.5, 0.6) is 0 Å². The normalized spacial score (nSPS) is 13.2. The van der Waals surface area contributed by atoms with Gasteiger partial charge in [-0.2, -0.15) is 0 Å². The highest BCUT2D eigenvalue weighted by atomic mass is 16.5. The summed E-state index contributed by atoms with van der Waals surface area (Å²) in [7, 11) is 0. The van der Waals surface area contributed by atoms with Crippen LogP contribution in [-0.4, -0.2) is 39.3 Å². The van der Waals surface area contributed by atoms with Gasteiger partial charge in [0.2, 0.25) is 0 Å². The molecule has 0 unspecified atom stereocenters. The number of nitrogens with zero attached hydrogens (tertiary/aromatic N) is 4. The van der Waals surface area contributed by atoms with Crippen molar-refractivity contribution < 1.29 is 9.32 Å². The number of hydrogen-bond donors (Lipinski definition) is 3. The minimum Gasteiger partial charge on any atom is -0.367 e. The van der Waals surface area contributed by atoms with Gasteiger partial charge in [0, 0.05) is 43.2 Å². The summed E-state index contributed by atoms with van der Waals surface area (Å²) in [6.07, 6.45) is 5.62. The Labute approximate surface area is 155 Å². The molecular weight excluding hydrogens is 346 g/mol. The van der Waals surface area contributed by atoms with Gasteiger partial charge in [0.25, 0.3) is 5.91 Å². The fourth-order valence-electron chi connectivity index (χ4n) is 2.49. The van der Waals surface area contributed by atoms with E-state index >= 15 is 0 Å². The van der Waals surface area contributed by atoms with Crippen molar-refractivity contribution in [3.8, 4) is 0 Å². The van der Waals surface area contributed by atoms with Gasteiger partial charge in [-0.25, -0.2) is 0 Å². The monoisotopic (exact) mass is 365 g/mol. The minimum atomic E-state index is -0.240. The smallest absolute Gasteiger partial charge is 0.273 e. The summed E-state index contributed by atoms with van der Waals surface area (Å²) in [4.78, 5) is 16.0. The van der Waals surface area contributed by atoms with Gasteiger partial charge in [0.1, 0.15) is 11.6 Å². The van der Waals surface area contributed by atoms with Crippen LogP contribution in [0, 0.1) is 0 Å². The van der Waals surface area contributed by atoms with E-state index in [0.717, 1.165) is 24.3 Å². The fourth-order valence-corrected chi connectivity index (χ4v) is 2.49. The van der Waals surface area contributed by atoms with Crippen LogP contribution in [-0.2, 0) is 0 Å². The predicted octanol–water partition coefficient (Wildman–Crippen LogP) is 2.32. The molecule has 138 valence electrons. The van der Waals surface area contributed by atoms with Crippen LogP contribution in [0.15, 0.2) is 47.2 Å². The average molecular weight is 365 g/mol. The van der Waals surface area contributed by atoms with Crippen molar-refractivity contribution >= 4 is 23.2 Å².